The maximum Gasteiger partial charge on any atom is 0.326 e. The monoisotopic (exact) mass is 262 g/mol. The molecule has 0 bridgehead atoms. The highest BCUT2D eigenvalue weighted by Gasteiger charge is 2.25. The number of carbonyl (C=O) groups excluding carboxylic acids is 1. The number of carboxylic acid groups (broad SMARTS) is 1. The lowest BCUT2D eigenvalue weighted by Gasteiger charge is -2.29. The average Bonchev–Trinajstić information content (AvgIpc) is 2.23. The third-order valence-corrected chi connectivity index (χ3v) is 2.26. The number of carboxylic acids is 1. The molecular formula is C11H22N2O5. The molecule has 0 aliphatic carbocycles. The summed E-state index contributed by atoms with van der Waals surface area (Å²) in [5.74, 6) is -1.20. The molecule has 0 spiro atoms. The molecule has 0 saturated heterocycles. The van der Waals surface area contributed by atoms with E-state index in [9.17, 15) is 14.7 Å². The Kier molecular flexibility index (Phi) is 6.64. The zero-order chi connectivity index (χ0) is 14.3. The number of nitrogens with zero attached hydrogens (tertiary/aromatic N) is 1. The first-order valence-electron chi connectivity index (χ1n) is 5.82. The van der Waals surface area contributed by atoms with Crippen LogP contribution in [0.4, 0.5) is 4.79 Å². The van der Waals surface area contributed by atoms with Gasteiger partial charge in [-0.15, -0.1) is 0 Å². The van der Waals surface area contributed by atoms with Crippen LogP contribution in [-0.2, 0) is 4.79 Å². The largest absolute Gasteiger partial charge is 0.480 e. The van der Waals surface area contributed by atoms with Crippen LogP contribution in [-0.4, -0.2) is 63.6 Å². The van der Waals surface area contributed by atoms with E-state index in [0.29, 0.717) is 6.54 Å². The van der Waals surface area contributed by atoms with Gasteiger partial charge in [0.2, 0.25) is 0 Å². The number of hydrogen-bond donors (Lipinski definition) is 4. The number of hydrogen-bond acceptors (Lipinski definition) is 4. The fraction of sp³-hybridized carbons (Fsp3) is 0.818. The first-order valence-corrected chi connectivity index (χ1v) is 5.82. The topological polar surface area (TPSA) is 110 Å². The number of carbonyl (C=O) groups is 2. The van der Waals surface area contributed by atoms with Crippen molar-refractivity contribution < 1.29 is 24.9 Å². The van der Waals surface area contributed by atoms with Gasteiger partial charge in [-0.2, -0.15) is 0 Å². The van der Waals surface area contributed by atoms with E-state index in [1.165, 1.54) is 4.90 Å². The summed E-state index contributed by atoms with van der Waals surface area (Å²) in [6.45, 7) is 4.97. The van der Waals surface area contributed by atoms with Crippen LogP contribution in [0.1, 0.15) is 27.2 Å². The van der Waals surface area contributed by atoms with Crippen molar-refractivity contribution in [3.05, 3.63) is 0 Å². The van der Waals surface area contributed by atoms with Gasteiger partial charge in [-0.25, -0.2) is 9.59 Å². The van der Waals surface area contributed by atoms with E-state index in [1.807, 2.05) is 0 Å². The predicted molar refractivity (Wildman–Crippen MR) is 65.2 cm³/mol. The second-order valence-corrected chi connectivity index (χ2v) is 4.68. The number of amides is 2. The average molecular weight is 262 g/mol. The molecule has 0 rings (SSSR count). The van der Waals surface area contributed by atoms with Crippen molar-refractivity contribution in [3.8, 4) is 0 Å². The molecule has 0 aromatic heterocycles. The molecule has 0 aliphatic rings. The Labute approximate surface area is 106 Å². The number of likely N-dealkylation sites (N-methyl/N-ethyl adjacent to an activating group) is 1. The zero-order valence-electron chi connectivity index (χ0n) is 11.0. The lowest BCUT2D eigenvalue weighted by atomic mass is 10.1. The van der Waals surface area contributed by atoms with Gasteiger partial charge < -0.3 is 25.5 Å². The van der Waals surface area contributed by atoms with Crippen LogP contribution in [0.5, 0.6) is 0 Å². The Morgan fingerprint density at radius 2 is 1.94 bits per heavy atom. The Bertz CT molecular complexity index is 288. The quantitative estimate of drug-likeness (QED) is 0.500. The minimum atomic E-state index is -1.20. The van der Waals surface area contributed by atoms with Crippen molar-refractivity contribution in [1.29, 1.82) is 0 Å². The number of nitrogens with one attached hydrogen (secondary N) is 1. The first-order chi connectivity index (χ1) is 8.21. The van der Waals surface area contributed by atoms with Crippen molar-refractivity contribution in [2.75, 3.05) is 19.7 Å². The van der Waals surface area contributed by atoms with Crippen LogP contribution in [0.15, 0.2) is 0 Å². The van der Waals surface area contributed by atoms with E-state index < -0.39 is 23.6 Å². The van der Waals surface area contributed by atoms with Crippen molar-refractivity contribution in [2.45, 2.75) is 38.8 Å². The van der Waals surface area contributed by atoms with Crippen molar-refractivity contribution in [1.82, 2.24) is 10.2 Å². The van der Waals surface area contributed by atoms with Gasteiger partial charge in [-0.1, -0.05) is 0 Å². The smallest absolute Gasteiger partial charge is 0.326 e. The SMILES string of the molecule is CCN(CC(C)(C)O)C(=O)N[C@@H](CCO)C(=O)O. The molecule has 1 atom stereocenters. The van der Waals surface area contributed by atoms with Crippen molar-refractivity contribution >= 4 is 12.0 Å². The molecule has 0 aromatic carbocycles. The zero-order valence-corrected chi connectivity index (χ0v) is 11.0. The van der Waals surface area contributed by atoms with Crippen molar-refractivity contribution in [3.63, 3.8) is 0 Å². The van der Waals surface area contributed by atoms with Crippen LogP contribution >= 0.6 is 0 Å². The molecule has 0 saturated carbocycles. The van der Waals surface area contributed by atoms with Gasteiger partial charge in [-0.3, -0.25) is 0 Å². The molecule has 7 nitrogen and oxygen atoms in total. The number of aliphatic hydroxyl groups is 2. The van der Waals surface area contributed by atoms with E-state index in [2.05, 4.69) is 5.32 Å². The molecule has 4 N–H and O–H groups in total. The molecule has 0 heterocycles. The van der Waals surface area contributed by atoms with Gasteiger partial charge in [0.05, 0.1) is 12.1 Å². The predicted octanol–water partition coefficient (Wildman–Crippen LogP) is -0.376. The minimum Gasteiger partial charge on any atom is -0.480 e. The molecule has 0 fully saturated rings. The van der Waals surface area contributed by atoms with Gasteiger partial charge in [-0.05, 0) is 20.8 Å². The minimum absolute atomic E-state index is 0.0544. The van der Waals surface area contributed by atoms with Gasteiger partial charge in [0, 0.05) is 19.6 Å². The molecule has 7 heteroatoms. The fourth-order valence-electron chi connectivity index (χ4n) is 1.42. The highest BCUT2D eigenvalue weighted by molar-refractivity contribution is 5.82. The molecule has 18 heavy (non-hydrogen) atoms. The van der Waals surface area contributed by atoms with Crippen LogP contribution in [0, 0.1) is 0 Å². The maximum atomic E-state index is 11.8. The molecule has 106 valence electrons. The Hall–Kier alpha value is -1.34. The van der Waals surface area contributed by atoms with Crippen molar-refractivity contribution in [2.24, 2.45) is 0 Å². The molecule has 0 unspecified atom stereocenters. The van der Waals surface area contributed by atoms with E-state index in [1.54, 1.807) is 20.8 Å². The molecule has 0 aliphatic heterocycles. The summed E-state index contributed by atoms with van der Waals surface area (Å²) < 4.78 is 0. The normalized spacial score (nSPS) is 12.9. The summed E-state index contributed by atoms with van der Waals surface area (Å²) in [5, 5.41) is 29.5. The Morgan fingerprint density at radius 3 is 2.28 bits per heavy atom. The molecule has 0 radical (unpaired) electrons. The van der Waals surface area contributed by atoms with Crippen LogP contribution in [0.3, 0.4) is 0 Å². The molecular weight excluding hydrogens is 240 g/mol. The van der Waals surface area contributed by atoms with E-state index >= 15 is 0 Å². The third kappa shape index (κ3) is 6.41. The Morgan fingerprint density at radius 1 is 1.39 bits per heavy atom. The number of urea groups is 1. The van der Waals surface area contributed by atoms with Gasteiger partial charge >= 0.3 is 12.0 Å². The second-order valence-electron chi connectivity index (χ2n) is 4.68. The van der Waals surface area contributed by atoms with Gasteiger partial charge in [0.15, 0.2) is 0 Å². The summed E-state index contributed by atoms with van der Waals surface area (Å²) in [6.07, 6.45) is -0.0544. The van der Waals surface area contributed by atoms with Crippen LogP contribution in [0.25, 0.3) is 0 Å². The lowest BCUT2D eigenvalue weighted by Crippen LogP contribution is -2.51. The standard InChI is InChI=1S/C11H22N2O5/c1-4-13(7-11(2,3)18)10(17)12-8(5-6-14)9(15)16/h8,14,18H,4-7H2,1-3H3,(H,12,17)(H,15,16)/t8-/m0/s1. The fourth-order valence-corrected chi connectivity index (χ4v) is 1.42. The van der Waals surface area contributed by atoms with E-state index in [-0.39, 0.29) is 19.6 Å². The van der Waals surface area contributed by atoms with Crippen LogP contribution < -0.4 is 5.32 Å². The van der Waals surface area contributed by atoms with Crippen LogP contribution in [0.2, 0.25) is 0 Å². The summed E-state index contributed by atoms with van der Waals surface area (Å²) in [6, 6.07) is -1.70. The maximum absolute atomic E-state index is 11.8. The number of rotatable bonds is 7. The highest BCUT2D eigenvalue weighted by atomic mass is 16.4. The van der Waals surface area contributed by atoms with E-state index in [0.717, 1.165) is 0 Å². The highest BCUT2D eigenvalue weighted by Crippen LogP contribution is 2.05. The first kappa shape index (κ1) is 16.7. The third-order valence-electron chi connectivity index (χ3n) is 2.26. The summed E-state index contributed by atoms with van der Waals surface area (Å²) in [5.41, 5.74) is -1.05. The Balaban J connectivity index is 4.55. The van der Waals surface area contributed by atoms with Gasteiger partial charge in [0.25, 0.3) is 0 Å². The van der Waals surface area contributed by atoms with Gasteiger partial charge in [0.1, 0.15) is 6.04 Å². The summed E-state index contributed by atoms with van der Waals surface area (Å²) >= 11 is 0. The summed E-state index contributed by atoms with van der Waals surface area (Å²) in [4.78, 5) is 23.9. The second kappa shape index (κ2) is 7.17. The van der Waals surface area contributed by atoms with E-state index in [4.69, 9.17) is 10.2 Å². The molecule has 2 amide bonds. The summed E-state index contributed by atoms with van der Waals surface area (Å²) in [7, 11) is 0. The lowest BCUT2D eigenvalue weighted by molar-refractivity contribution is -0.139. The number of aliphatic hydroxyl groups excluding tert-OH is 1. The number of aliphatic carboxylic acids is 1. The molecule has 0 aromatic rings.